The van der Waals surface area contributed by atoms with Gasteiger partial charge in [-0.25, -0.2) is 14.3 Å². The lowest BCUT2D eigenvalue weighted by atomic mass is 10.2. The Morgan fingerprint density at radius 1 is 1.56 bits per heavy atom. The highest BCUT2D eigenvalue weighted by molar-refractivity contribution is 9.10. The standard InChI is InChI=1S/C11H11BrFN3OS/c1-2-16-10(17)14-15-11(16)18-6-7-3-4-9(13)8(12)5-7/h3-5H,2,6H2,1H3,(H,14,17). The van der Waals surface area contributed by atoms with Crippen LogP contribution in [0.25, 0.3) is 0 Å². The molecule has 4 nitrogen and oxygen atoms in total. The molecule has 0 radical (unpaired) electrons. The van der Waals surface area contributed by atoms with Crippen molar-refractivity contribution in [1.82, 2.24) is 14.8 Å². The van der Waals surface area contributed by atoms with Crippen LogP contribution in [-0.2, 0) is 12.3 Å². The quantitative estimate of drug-likeness (QED) is 0.876. The second-order valence-electron chi connectivity index (χ2n) is 3.59. The maximum atomic E-state index is 13.1. The van der Waals surface area contributed by atoms with Crippen LogP contribution >= 0.6 is 27.7 Å². The van der Waals surface area contributed by atoms with Crippen LogP contribution in [0.15, 0.2) is 32.6 Å². The number of nitrogens with one attached hydrogen (secondary N) is 1. The van der Waals surface area contributed by atoms with Gasteiger partial charge in [-0.15, -0.1) is 5.10 Å². The summed E-state index contributed by atoms with van der Waals surface area (Å²) in [6.07, 6.45) is 0. The minimum atomic E-state index is -0.283. The second kappa shape index (κ2) is 5.71. The third-order valence-corrected chi connectivity index (χ3v) is 4.05. The Hall–Kier alpha value is -1.08. The molecule has 0 aliphatic rings. The summed E-state index contributed by atoms with van der Waals surface area (Å²) in [5.74, 6) is 0.345. The van der Waals surface area contributed by atoms with Crippen LogP contribution in [0.1, 0.15) is 12.5 Å². The van der Waals surface area contributed by atoms with Crippen LogP contribution in [0.3, 0.4) is 0 Å². The summed E-state index contributed by atoms with van der Waals surface area (Å²) in [7, 11) is 0. The third-order valence-electron chi connectivity index (χ3n) is 2.39. The topological polar surface area (TPSA) is 50.7 Å². The molecule has 0 spiro atoms. The number of aromatic nitrogens is 3. The van der Waals surface area contributed by atoms with Crippen LogP contribution < -0.4 is 5.69 Å². The van der Waals surface area contributed by atoms with Gasteiger partial charge in [0.1, 0.15) is 5.82 Å². The zero-order chi connectivity index (χ0) is 13.1. The summed E-state index contributed by atoms with van der Waals surface area (Å²) >= 11 is 4.58. The van der Waals surface area contributed by atoms with Gasteiger partial charge in [0.2, 0.25) is 0 Å². The normalized spacial score (nSPS) is 10.8. The van der Waals surface area contributed by atoms with Crippen LogP contribution in [-0.4, -0.2) is 14.8 Å². The minimum absolute atomic E-state index is 0.208. The average Bonchev–Trinajstić information content (AvgIpc) is 2.71. The first-order valence-corrected chi connectivity index (χ1v) is 7.11. The minimum Gasteiger partial charge on any atom is -0.270 e. The molecule has 96 valence electrons. The number of H-pyrrole nitrogens is 1. The lowest BCUT2D eigenvalue weighted by molar-refractivity contribution is 0.620. The van der Waals surface area contributed by atoms with Gasteiger partial charge >= 0.3 is 5.69 Å². The van der Waals surface area contributed by atoms with Gasteiger partial charge < -0.3 is 0 Å². The number of benzene rings is 1. The Balaban J connectivity index is 2.11. The Kier molecular flexibility index (Phi) is 4.23. The number of halogens is 2. The molecule has 0 saturated carbocycles. The zero-order valence-electron chi connectivity index (χ0n) is 9.61. The van der Waals surface area contributed by atoms with Gasteiger partial charge in [-0.1, -0.05) is 17.8 Å². The Bertz CT molecular complexity index is 611. The molecule has 2 aromatic rings. The summed E-state index contributed by atoms with van der Waals surface area (Å²) in [5.41, 5.74) is 0.756. The fourth-order valence-corrected chi connectivity index (χ4v) is 2.85. The van der Waals surface area contributed by atoms with Gasteiger partial charge in [0.15, 0.2) is 5.16 Å². The number of rotatable bonds is 4. The highest BCUT2D eigenvalue weighted by atomic mass is 79.9. The van der Waals surface area contributed by atoms with Gasteiger partial charge in [-0.3, -0.25) is 4.57 Å². The van der Waals surface area contributed by atoms with Crippen LogP contribution in [0, 0.1) is 5.82 Å². The van der Waals surface area contributed by atoms with Gasteiger partial charge in [-0.05, 0) is 40.5 Å². The summed E-state index contributed by atoms with van der Waals surface area (Å²) in [5, 5.41) is 7.00. The molecule has 0 bridgehead atoms. The van der Waals surface area contributed by atoms with Crippen molar-refractivity contribution in [1.29, 1.82) is 0 Å². The van der Waals surface area contributed by atoms with Gasteiger partial charge in [0, 0.05) is 12.3 Å². The van der Waals surface area contributed by atoms with Crippen LogP contribution in [0.5, 0.6) is 0 Å². The first-order valence-electron chi connectivity index (χ1n) is 5.33. The Labute approximate surface area is 116 Å². The van der Waals surface area contributed by atoms with E-state index in [4.69, 9.17) is 0 Å². The van der Waals surface area contributed by atoms with Gasteiger partial charge in [-0.2, -0.15) is 0 Å². The van der Waals surface area contributed by atoms with E-state index in [1.54, 1.807) is 16.7 Å². The van der Waals surface area contributed by atoms with Crippen molar-refractivity contribution in [2.24, 2.45) is 0 Å². The molecular formula is C11H11BrFN3OS. The summed E-state index contributed by atoms with van der Waals surface area (Å²) in [6, 6.07) is 4.86. The van der Waals surface area contributed by atoms with E-state index in [0.717, 1.165) is 5.56 Å². The molecular weight excluding hydrogens is 321 g/mol. The van der Waals surface area contributed by atoms with Crippen molar-refractivity contribution in [3.05, 3.63) is 44.5 Å². The largest absolute Gasteiger partial charge is 0.343 e. The van der Waals surface area contributed by atoms with Crippen LogP contribution in [0.2, 0.25) is 0 Å². The van der Waals surface area contributed by atoms with Crippen molar-refractivity contribution < 1.29 is 4.39 Å². The molecule has 2 rings (SSSR count). The van der Waals surface area contributed by atoms with Gasteiger partial charge in [0.25, 0.3) is 0 Å². The third kappa shape index (κ3) is 2.84. The number of hydrogen-bond acceptors (Lipinski definition) is 3. The molecule has 1 heterocycles. The molecule has 0 saturated heterocycles. The predicted molar refractivity (Wildman–Crippen MR) is 72.2 cm³/mol. The highest BCUT2D eigenvalue weighted by Crippen LogP contribution is 2.23. The lowest BCUT2D eigenvalue weighted by Gasteiger charge is -2.03. The lowest BCUT2D eigenvalue weighted by Crippen LogP contribution is -2.16. The SMILES string of the molecule is CCn1c(SCc2ccc(F)c(Br)c2)n[nH]c1=O. The zero-order valence-corrected chi connectivity index (χ0v) is 12.0. The maximum absolute atomic E-state index is 13.1. The Morgan fingerprint density at radius 3 is 3.00 bits per heavy atom. The highest BCUT2D eigenvalue weighted by Gasteiger charge is 2.08. The molecule has 1 N–H and O–H groups in total. The maximum Gasteiger partial charge on any atom is 0.343 e. The molecule has 0 unspecified atom stereocenters. The molecule has 0 aliphatic carbocycles. The van der Waals surface area contributed by atoms with Crippen molar-refractivity contribution >= 4 is 27.7 Å². The predicted octanol–water partition coefficient (Wildman–Crippen LogP) is 2.79. The van der Waals surface area contributed by atoms with E-state index in [2.05, 4.69) is 26.1 Å². The molecule has 18 heavy (non-hydrogen) atoms. The first-order chi connectivity index (χ1) is 8.61. The van der Waals surface area contributed by atoms with E-state index in [9.17, 15) is 9.18 Å². The molecule has 0 atom stereocenters. The molecule has 0 aliphatic heterocycles. The number of aromatic amines is 1. The average molecular weight is 332 g/mol. The number of hydrogen-bond donors (Lipinski definition) is 1. The first kappa shape index (κ1) is 13.4. The summed E-state index contributed by atoms with van der Waals surface area (Å²) < 4.78 is 15.1. The molecule has 1 aromatic heterocycles. The van der Waals surface area contributed by atoms with Crippen molar-refractivity contribution in [3.8, 4) is 0 Å². The number of thioether (sulfide) groups is 1. The molecule has 0 amide bonds. The van der Waals surface area contributed by atoms with Gasteiger partial charge in [0.05, 0.1) is 4.47 Å². The molecule has 7 heteroatoms. The van der Waals surface area contributed by atoms with E-state index in [-0.39, 0.29) is 11.5 Å². The summed E-state index contributed by atoms with van der Waals surface area (Å²) in [6.45, 7) is 2.46. The number of nitrogens with zero attached hydrogens (tertiary/aromatic N) is 2. The van der Waals surface area contributed by atoms with E-state index < -0.39 is 0 Å². The van der Waals surface area contributed by atoms with E-state index in [0.29, 0.717) is 21.9 Å². The monoisotopic (exact) mass is 331 g/mol. The van der Waals surface area contributed by atoms with E-state index >= 15 is 0 Å². The smallest absolute Gasteiger partial charge is 0.270 e. The summed E-state index contributed by atoms with van der Waals surface area (Å²) in [4.78, 5) is 11.4. The fourth-order valence-electron chi connectivity index (χ4n) is 1.47. The van der Waals surface area contributed by atoms with Crippen molar-refractivity contribution in [2.45, 2.75) is 24.4 Å². The van der Waals surface area contributed by atoms with E-state index in [1.165, 1.54) is 17.8 Å². The van der Waals surface area contributed by atoms with Crippen LogP contribution in [0.4, 0.5) is 4.39 Å². The van der Waals surface area contributed by atoms with E-state index in [1.807, 2.05) is 6.92 Å². The van der Waals surface area contributed by atoms with Crippen molar-refractivity contribution in [3.63, 3.8) is 0 Å². The Morgan fingerprint density at radius 2 is 2.33 bits per heavy atom. The second-order valence-corrected chi connectivity index (χ2v) is 5.39. The molecule has 0 fully saturated rings. The fraction of sp³-hybridized carbons (Fsp3) is 0.273. The van der Waals surface area contributed by atoms with Crippen molar-refractivity contribution in [2.75, 3.05) is 0 Å². The molecule has 1 aromatic carbocycles.